The third kappa shape index (κ3) is 2.76. The summed E-state index contributed by atoms with van der Waals surface area (Å²) >= 11 is 0. The monoisotopic (exact) mass is 332 g/mol. The maximum Gasteiger partial charge on any atom is 0.270 e. The molecule has 0 spiro atoms. The molecular formula is C17H12N6O2. The highest BCUT2D eigenvalue weighted by molar-refractivity contribution is 5.91. The first-order valence-corrected chi connectivity index (χ1v) is 7.49. The standard InChI is InChI=1S/C17H12N6O2/c24-23(25)12-5-3-4-11(10-12)13-6-1-2-7-15(13)19-16-14-8-9-18-20-17(14)22-21-16/h1-10H,(H2,19,20,21,22). The van der Waals surface area contributed by atoms with E-state index < -0.39 is 4.92 Å². The second-order valence-electron chi connectivity index (χ2n) is 5.34. The molecule has 2 aromatic carbocycles. The number of fused-ring (bicyclic) bond motifs is 1. The van der Waals surface area contributed by atoms with Gasteiger partial charge in [-0.05, 0) is 17.7 Å². The number of aromatic nitrogens is 4. The SMILES string of the molecule is O=[N+]([O-])c1cccc(-c2ccccc2Nc2n[nH]c3nnccc23)c1. The first-order chi connectivity index (χ1) is 12.2. The smallest absolute Gasteiger partial charge is 0.270 e. The van der Waals surface area contributed by atoms with E-state index in [0.717, 1.165) is 22.2 Å². The van der Waals surface area contributed by atoms with Crippen molar-refractivity contribution in [3.05, 3.63) is 70.9 Å². The Balaban J connectivity index is 1.77. The summed E-state index contributed by atoms with van der Waals surface area (Å²) in [5, 5.41) is 29.9. The molecule has 4 aromatic rings. The number of non-ortho nitro benzene ring substituents is 1. The predicted octanol–water partition coefficient (Wildman–Crippen LogP) is 3.67. The fourth-order valence-corrected chi connectivity index (χ4v) is 2.63. The molecule has 0 saturated heterocycles. The number of nitrogens with zero attached hydrogens (tertiary/aromatic N) is 4. The van der Waals surface area contributed by atoms with Gasteiger partial charge in [0, 0.05) is 23.4 Å². The summed E-state index contributed by atoms with van der Waals surface area (Å²) in [7, 11) is 0. The van der Waals surface area contributed by atoms with Crippen molar-refractivity contribution in [2.45, 2.75) is 0 Å². The third-order valence-electron chi connectivity index (χ3n) is 3.80. The van der Waals surface area contributed by atoms with Crippen molar-refractivity contribution in [3.8, 4) is 11.1 Å². The minimum absolute atomic E-state index is 0.0489. The average Bonchev–Trinajstić information content (AvgIpc) is 3.05. The van der Waals surface area contributed by atoms with Gasteiger partial charge in [0.25, 0.3) is 5.69 Å². The van der Waals surface area contributed by atoms with Crippen LogP contribution in [0.25, 0.3) is 22.2 Å². The minimum atomic E-state index is -0.403. The van der Waals surface area contributed by atoms with Crippen molar-refractivity contribution >= 4 is 28.2 Å². The molecule has 0 radical (unpaired) electrons. The summed E-state index contributed by atoms with van der Waals surface area (Å²) in [6.45, 7) is 0. The fourth-order valence-electron chi connectivity index (χ4n) is 2.63. The number of H-pyrrole nitrogens is 1. The molecule has 2 N–H and O–H groups in total. The van der Waals surface area contributed by atoms with Crippen LogP contribution in [0.15, 0.2) is 60.8 Å². The number of rotatable bonds is 4. The van der Waals surface area contributed by atoms with E-state index in [9.17, 15) is 10.1 Å². The van der Waals surface area contributed by atoms with Gasteiger partial charge in [0.15, 0.2) is 11.5 Å². The first kappa shape index (κ1) is 14.8. The van der Waals surface area contributed by atoms with Crippen LogP contribution in [0, 0.1) is 10.1 Å². The highest BCUT2D eigenvalue weighted by Crippen LogP contribution is 2.32. The number of nitro benzene ring substituents is 1. The summed E-state index contributed by atoms with van der Waals surface area (Å²) in [5.74, 6) is 0.614. The Bertz CT molecular complexity index is 1080. The van der Waals surface area contributed by atoms with Gasteiger partial charge in [0.2, 0.25) is 0 Å². The zero-order valence-electron chi connectivity index (χ0n) is 12.9. The lowest BCUT2D eigenvalue weighted by Crippen LogP contribution is -1.95. The number of anilines is 2. The molecule has 0 unspecified atom stereocenters. The van der Waals surface area contributed by atoms with Gasteiger partial charge in [-0.25, -0.2) is 0 Å². The van der Waals surface area contributed by atoms with Crippen LogP contribution in [0.3, 0.4) is 0 Å². The molecule has 0 amide bonds. The maximum atomic E-state index is 11.0. The number of hydrogen-bond donors (Lipinski definition) is 2. The molecule has 0 aliphatic carbocycles. The van der Waals surface area contributed by atoms with Gasteiger partial charge >= 0.3 is 0 Å². The Kier molecular flexibility index (Phi) is 3.55. The van der Waals surface area contributed by atoms with Crippen LogP contribution in [0.5, 0.6) is 0 Å². The molecule has 0 aliphatic rings. The Hall–Kier alpha value is -3.81. The van der Waals surface area contributed by atoms with Crippen molar-refractivity contribution in [3.63, 3.8) is 0 Å². The van der Waals surface area contributed by atoms with Crippen molar-refractivity contribution in [2.24, 2.45) is 0 Å². The predicted molar refractivity (Wildman–Crippen MR) is 93.5 cm³/mol. The summed E-state index contributed by atoms with van der Waals surface area (Å²) in [6, 6.07) is 15.9. The molecule has 0 saturated carbocycles. The molecule has 0 atom stereocenters. The van der Waals surface area contributed by atoms with E-state index in [1.165, 1.54) is 6.07 Å². The van der Waals surface area contributed by atoms with Gasteiger partial charge in [0.1, 0.15) is 0 Å². The van der Waals surface area contributed by atoms with Crippen LogP contribution >= 0.6 is 0 Å². The van der Waals surface area contributed by atoms with Gasteiger partial charge in [-0.15, -0.1) is 5.10 Å². The summed E-state index contributed by atoms with van der Waals surface area (Å²) in [4.78, 5) is 10.6. The zero-order chi connectivity index (χ0) is 17.2. The fraction of sp³-hybridized carbons (Fsp3) is 0. The normalized spacial score (nSPS) is 10.7. The molecule has 25 heavy (non-hydrogen) atoms. The highest BCUT2D eigenvalue weighted by Gasteiger charge is 2.12. The van der Waals surface area contributed by atoms with Crippen molar-refractivity contribution in [1.29, 1.82) is 0 Å². The molecular weight excluding hydrogens is 320 g/mol. The minimum Gasteiger partial charge on any atom is -0.338 e. The van der Waals surface area contributed by atoms with E-state index in [-0.39, 0.29) is 5.69 Å². The lowest BCUT2D eigenvalue weighted by Gasteiger charge is -2.10. The highest BCUT2D eigenvalue weighted by atomic mass is 16.6. The molecule has 0 aliphatic heterocycles. The lowest BCUT2D eigenvalue weighted by molar-refractivity contribution is -0.384. The number of benzene rings is 2. The molecule has 8 heteroatoms. The summed E-state index contributed by atoms with van der Waals surface area (Å²) in [6.07, 6.45) is 1.59. The quantitative estimate of drug-likeness (QED) is 0.436. The Morgan fingerprint density at radius 3 is 2.84 bits per heavy atom. The Morgan fingerprint density at radius 2 is 1.96 bits per heavy atom. The maximum absolute atomic E-state index is 11.0. The Labute approximate surface area is 141 Å². The average molecular weight is 332 g/mol. The number of nitrogens with one attached hydrogen (secondary N) is 2. The van der Waals surface area contributed by atoms with E-state index in [1.807, 2.05) is 36.4 Å². The van der Waals surface area contributed by atoms with Crippen molar-refractivity contribution in [2.75, 3.05) is 5.32 Å². The molecule has 2 heterocycles. The van der Waals surface area contributed by atoms with Crippen LogP contribution in [0.2, 0.25) is 0 Å². The van der Waals surface area contributed by atoms with Gasteiger partial charge in [0.05, 0.1) is 16.5 Å². The number of hydrogen-bond acceptors (Lipinski definition) is 6. The lowest BCUT2D eigenvalue weighted by atomic mass is 10.0. The number of nitro groups is 1. The van der Waals surface area contributed by atoms with E-state index in [4.69, 9.17) is 0 Å². The van der Waals surface area contributed by atoms with Gasteiger partial charge in [-0.2, -0.15) is 10.2 Å². The second-order valence-corrected chi connectivity index (χ2v) is 5.34. The van der Waals surface area contributed by atoms with E-state index >= 15 is 0 Å². The van der Waals surface area contributed by atoms with Crippen LogP contribution in [0.4, 0.5) is 17.2 Å². The molecule has 8 nitrogen and oxygen atoms in total. The number of aromatic amines is 1. The number of para-hydroxylation sites is 1. The van der Waals surface area contributed by atoms with Gasteiger partial charge in [-0.1, -0.05) is 30.3 Å². The first-order valence-electron chi connectivity index (χ1n) is 7.49. The molecule has 4 rings (SSSR count). The van der Waals surface area contributed by atoms with Crippen molar-refractivity contribution in [1.82, 2.24) is 20.4 Å². The molecule has 0 bridgehead atoms. The second kappa shape index (κ2) is 6.00. The van der Waals surface area contributed by atoms with Crippen LogP contribution < -0.4 is 5.32 Å². The van der Waals surface area contributed by atoms with E-state index in [1.54, 1.807) is 18.3 Å². The summed E-state index contributed by atoms with van der Waals surface area (Å²) in [5.41, 5.74) is 3.00. The van der Waals surface area contributed by atoms with Crippen LogP contribution in [-0.2, 0) is 0 Å². The van der Waals surface area contributed by atoms with Crippen LogP contribution in [0.1, 0.15) is 0 Å². The van der Waals surface area contributed by atoms with Gasteiger partial charge in [-0.3, -0.25) is 15.2 Å². The molecule has 2 aromatic heterocycles. The third-order valence-corrected chi connectivity index (χ3v) is 3.80. The topological polar surface area (TPSA) is 110 Å². The largest absolute Gasteiger partial charge is 0.338 e. The van der Waals surface area contributed by atoms with Gasteiger partial charge < -0.3 is 5.32 Å². The molecule has 122 valence electrons. The van der Waals surface area contributed by atoms with E-state index in [0.29, 0.717) is 11.5 Å². The zero-order valence-corrected chi connectivity index (χ0v) is 12.9. The van der Waals surface area contributed by atoms with E-state index in [2.05, 4.69) is 25.7 Å². The van der Waals surface area contributed by atoms with Crippen molar-refractivity contribution < 1.29 is 4.92 Å². The van der Waals surface area contributed by atoms with Crippen LogP contribution in [-0.4, -0.2) is 25.3 Å². The molecule has 0 fully saturated rings. The summed E-state index contributed by atoms with van der Waals surface area (Å²) < 4.78 is 0. The Morgan fingerprint density at radius 1 is 1.08 bits per heavy atom.